The fourth-order valence-corrected chi connectivity index (χ4v) is 16.5. The van der Waals surface area contributed by atoms with Gasteiger partial charge in [-0.15, -0.1) is 0 Å². The average molecular weight is 1010 g/mol. The van der Waals surface area contributed by atoms with Crippen LogP contribution < -0.4 is 30.6 Å². The molecule has 14 heteroatoms. The maximum absolute atomic E-state index is 13.0. The van der Waals surface area contributed by atoms with Gasteiger partial charge in [0.2, 0.25) is 0 Å². The molecule has 8 aliphatic rings. The van der Waals surface area contributed by atoms with Crippen LogP contribution in [0.4, 0.5) is 5.82 Å². The molecule has 4 aromatic rings. The molecule has 3 saturated carbocycles. The largest absolute Gasteiger partial charge is 0.508 e. The summed E-state index contributed by atoms with van der Waals surface area (Å²) in [5, 5.41) is 31.9. The van der Waals surface area contributed by atoms with Crippen LogP contribution in [0.15, 0.2) is 42.5 Å². The fourth-order valence-electron chi connectivity index (χ4n) is 13.8. The van der Waals surface area contributed by atoms with E-state index in [1.54, 1.807) is 13.2 Å². The van der Waals surface area contributed by atoms with Gasteiger partial charge in [-0.3, -0.25) is 9.59 Å². The first-order valence-electron chi connectivity index (χ1n) is 26.1. The Labute approximate surface area is 429 Å². The Morgan fingerprint density at radius 2 is 1.89 bits per heavy atom. The molecule has 12 nitrogen and oxygen atoms in total. The second-order valence-electron chi connectivity index (χ2n) is 21.7. The number of rotatable bonds is 6. The van der Waals surface area contributed by atoms with E-state index in [-0.39, 0.29) is 65.8 Å². The Bertz CT molecular complexity index is 2940. The molecule has 4 aliphatic heterocycles. The van der Waals surface area contributed by atoms with E-state index in [0.717, 1.165) is 113 Å². The molecular weight excluding hydrogens is 945 g/mol. The number of esters is 1. The third kappa shape index (κ3) is 8.79. The Morgan fingerprint density at radius 3 is 2.74 bits per heavy atom. The highest BCUT2D eigenvalue weighted by Gasteiger charge is 2.52. The second-order valence-corrected chi connectivity index (χ2v) is 24.2. The number of hydrogen-bond donors (Lipinski definition) is 5. The second kappa shape index (κ2) is 19.5. The zero-order valence-electron chi connectivity index (χ0n) is 41.2. The summed E-state index contributed by atoms with van der Waals surface area (Å²) in [5.41, 5.74) is 15.9. The van der Waals surface area contributed by atoms with Crippen molar-refractivity contribution in [3.63, 3.8) is 0 Å². The Balaban J connectivity index is 1.10. The molecule has 8 unspecified atom stereocenters. The number of carbonyl (C=O) groups excluding carboxylic acids is 2. The van der Waals surface area contributed by atoms with Crippen LogP contribution in [0.2, 0.25) is 0 Å². The minimum Gasteiger partial charge on any atom is -0.508 e. The summed E-state index contributed by atoms with van der Waals surface area (Å²) in [6, 6.07) is 12.2. The zero-order valence-corrected chi connectivity index (χ0v) is 42.8. The van der Waals surface area contributed by atoms with Gasteiger partial charge >= 0.3 is 5.97 Å². The van der Waals surface area contributed by atoms with Crippen molar-refractivity contribution >= 4 is 45.2 Å². The number of Topliss-reactive ketones (excluding diaryl/α,β-unsaturated/α-hetero) is 1. The van der Waals surface area contributed by atoms with Crippen LogP contribution in [0.1, 0.15) is 140 Å². The van der Waals surface area contributed by atoms with E-state index in [4.69, 9.17) is 29.7 Å². The highest BCUT2D eigenvalue weighted by Crippen LogP contribution is 2.63. The number of aromatic hydroxyl groups is 2. The first-order valence-corrected chi connectivity index (χ1v) is 28.6. The number of anilines is 1. The quantitative estimate of drug-likeness (QED) is 0.0702. The highest BCUT2D eigenvalue weighted by molar-refractivity contribution is 8.76. The number of ketones is 1. The SMILES string of the molecule is COc1cc(O)cc2c1-c1ccc3c4c1C1(CCC(Cc5ccc(N)nc5C#CCc5c(CNC6CCC(=O)CC6)c(O)c6c(c5C(O4)C3COC(C)=O)C=CC3NC4CCCC(CSSCC3O6)C4)C1)C2. The predicted octanol–water partition coefficient (Wildman–Crippen LogP) is 9.56. The molecule has 6 N–H and O–H groups in total. The van der Waals surface area contributed by atoms with E-state index in [0.29, 0.717) is 72.1 Å². The monoisotopic (exact) mass is 1010 g/mol. The molecule has 12 rings (SSSR count). The van der Waals surface area contributed by atoms with Gasteiger partial charge in [0.15, 0.2) is 11.5 Å². The molecule has 1 saturated heterocycles. The molecule has 4 aliphatic carbocycles. The number of ether oxygens (including phenoxy) is 4. The van der Waals surface area contributed by atoms with Gasteiger partial charge in [0.05, 0.1) is 19.1 Å². The lowest BCUT2D eigenvalue weighted by atomic mass is 9.65. The molecule has 0 amide bonds. The van der Waals surface area contributed by atoms with Crippen molar-refractivity contribution in [3.05, 3.63) is 92.7 Å². The molecular formula is C58H64N4O8S2. The van der Waals surface area contributed by atoms with Crippen LogP contribution in [-0.2, 0) is 45.5 Å². The lowest BCUT2D eigenvalue weighted by Crippen LogP contribution is -2.49. The number of carbonyl (C=O) groups is 2. The number of hydrogen-bond acceptors (Lipinski definition) is 14. The van der Waals surface area contributed by atoms with Gasteiger partial charge in [0.1, 0.15) is 53.4 Å². The van der Waals surface area contributed by atoms with Crippen molar-refractivity contribution < 1.29 is 38.7 Å². The molecule has 1 spiro atoms. The van der Waals surface area contributed by atoms with E-state index < -0.39 is 12.0 Å². The van der Waals surface area contributed by atoms with Gasteiger partial charge in [0, 0.05) is 101 Å². The van der Waals surface area contributed by atoms with Crippen molar-refractivity contribution in [1.82, 2.24) is 15.6 Å². The molecule has 4 fully saturated rings. The molecule has 72 heavy (non-hydrogen) atoms. The number of phenols is 2. The van der Waals surface area contributed by atoms with Gasteiger partial charge in [-0.1, -0.05) is 64.3 Å². The highest BCUT2D eigenvalue weighted by atomic mass is 33.1. The summed E-state index contributed by atoms with van der Waals surface area (Å²) in [5.74, 6) is 11.7. The summed E-state index contributed by atoms with van der Waals surface area (Å²) < 4.78 is 27.2. The van der Waals surface area contributed by atoms with Crippen molar-refractivity contribution in [3.8, 4) is 51.7 Å². The van der Waals surface area contributed by atoms with Gasteiger partial charge in [-0.2, -0.15) is 0 Å². The van der Waals surface area contributed by atoms with Crippen LogP contribution in [-0.4, -0.2) is 76.4 Å². The van der Waals surface area contributed by atoms with Crippen LogP contribution in [0, 0.1) is 23.7 Å². The maximum atomic E-state index is 13.0. The number of nitrogens with zero attached hydrogens (tertiary/aromatic N) is 1. The van der Waals surface area contributed by atoms with E-state index in [9.17, 15) is 19.8 Å². The summed E-state index contributed by atoms with van der Waals surface area (Å²) >= 11 is 0. The molecule has 1 aromatic heterocycles. The van der Waals surface area contributed by atoms with E-state index >= 15 is 0 Å². The third-order valence-electron chi connectivity index (χ3n) is 17.2. The standard InChI is InChI=1S/C58H64N4O8S2/c1-31(63)68-28-45-41-14-15-42-51-35(23-39(65)24-48(51)67-2)26-58-20-19-32(25-58)21-34-9-18-50(59)62-46(34)8-4-7-40-44(27-60-36-10-12-38(64)13-11-36)54(66)57-43(52(40)55(45)70-56(41)53(42)58)16-17-47-49(69-57)30-72-71-29-33-5-3-6-37(22-33)61-47/h9,14-18,23-24,32-33,36-37,45,47,49,55,60-61,65-66H,3,5-7,10-13,19-22,25-30H2,1-2H3,(H2,59,62). The van der Waals surface area contributed by atoms with Crippen LogP contribution in [0.3, 0.4) is 0 Å². The molecule has 5 heterocycles. The molecule has 376 valence electrons. The molecule has 3 aromatic carbocycles. The van der Waals surface area contributed by atoms with E-state index in [1.807, 2.05) is 33.7 Å². The topological polar surface area (TPSA) is 174 Å². The van der Waals surface area contributed by atoms with Crippen LogP contribution in [0.25, 0.3) is 17.2 Å². The lowest BCUT2D eigenvalue weighted by molar-refractivity contribution is -0.142. The minimum absolute atomic E-state index is 0.0598. The number of methoxy groups -OCH3 is 1. The predicted molar refractivity (Wildman–Crippen MR) is 282 cm³/mol. The number of aromatic nitrogens is 1. The Kier molecular flexibility index (Phi) is 12.9. The van der Waals surface area contributed by atoms with Crippen LogP contribution in [0.5, 0.6) is 28.7 Å². The fraction of sp³-hybridized carbons (Fsp3) is 0.500. The smallest absolute Gasteiger partial charge is 0.302 e. The average Bonchev–Trinajstić information content (AvgIpc) is 3.88. The van der Waals surface area contributed by atoms with E-state index in [2.05, 4.69) is 52.8 Å². The van der Waals surface area contributed by atoms with Crippen molar-refractivity contribution in [2.75, 3.05) is 31.0 Å². The number of fused-ring (bicyclic) bond motifs is 12. The number of nitrogen functional groups attached to an aromatic ring is 1. The number of pyridine rings is 1. The van der Waals surface area contributed by atoms with Gasteiger partial charge in [0.25, 0.3) is 0 Å². The number of phenolic OH excluding ortho intramolecular Hbond substituents is 2. The molecule has 0 radical (unpaired) electrons. The molecule has 8 atom stereocenters. The van der Waals surface area contributed by atoms with E-state index in [1.165, 1.54) is 19.8 Å². The normalized spacial score (nSPS) is 28.1. The van der Waals surface area contributed by atoms with Crippen molar-refractivity contribution in [2.24, 2.45) is 11.8 Å². The molecule has 6 bridgehead atoms. The Hall–Kier alpha value is -5.33. The van der Waals surface area contributed by atoms with Gasteiger partial charge < -0.3 is 45.5 Å². The van der Waals surface area contributed by atoms with Gasteiger partial charge in [-0.05, 0) is 116 Å². The number of benzene rings is 3. The summed E-state index contributed by atoms with van der Waals surface area (Å²) in [7, 11) is 5.42. The third-order valence-corrected chi connectivity index (χ3v) is 19.7. The first-order chi connectivity index (χ1) is 35.0. The van der Waals surface area contributed by atoms with Crippen molar-refractivity contribution in [2.45, 2.75) is 145 Å². The maximum Gasteiger partial charge on any atom is 0.302 e. The minimum atomic E-state index is -0.700. The first kappa shape index (κ1) is 47.7. The summed E-state index contributed by atoms with van der Waals surface area (Å²) in [4.78, 5) is 30.2. The van der Waals surface area contributed by atoms with Gasteiger partial charge in [-0.25, -0.2) is 4.98 Å². The van der Waals surface area contributed by atoms with Crippen molar-refractivity contribution in [1.29, 1.82) is 0 Å². The Morgan fingerprint density at radius 1 is 1.03 bits per heavy atom. The summed E-state index contributed by atoms with van der Waals surface area (Å²) in [6.07, 6.45) is 14.9. The number of nitrogens with two attached hydrogens (primary N) is 1. The summed E-state index contributed by atoms with van der Waals surface area (Å²) in [6.45, 7) is 1.81. The number of nitrogens with one attached hydrogen (secondary N) is 2. The zero-order chi connectivity index (χ0) is 49.3. The lowest BCUT2D eigenvalue weighted by Gasteiger charge is -2.39. The van der Waals surface area contributed by atoms with Crippen LogP contribution >= 0.6 is 21.6 Å².